The van der Waals surface area contributed by atoms with E-state index in [2.05, 4.69) is 0 Å². The number of fused-ring (bicyclic) bond motifs is 5. The first kappa shape index (κ1) is 34.4. The third-order valence-corrected chi connectivity index (χ3v) is 11.5. The van der Waals surface area contributed by atoms with Crippen LogP contribution in [-0.4, -0.2) is 65.4 Å². The van der Waals surface area contributed by atoms with E-state index in [9.17, 15) is 37.1 Å². The van der Waals surface area contributed by atoms with Crippen molar-refractivity contribution in [1.29, 1.82) is 0 Å². The zero-order valence-corrected chi connectivity index (χ0v) is 25.9. The van der Waals surface area contributed by atoms with E-state index >= 15 is 4.39 Å². The largest absolute Gasteiger partial charge is 0.633 e. The number of carbonyl (C=O) groups is 1. The lowest BCUT2D eigenvalue weighted by Gasteiger charge is -2.53. The molecule has 3 aliphatic rings. The van der Waals surface area contributed by atoms with E-state index in [-0.39, 0.29) is 53.8 Å². The molecule has 0 radical (unpaired) electrons. The van der Waals surface area contributed by atoms with Crippen molar-refractivity contribution in [2.24, 2.45) is 23.2 Å². The Hall–Kier alpha value is -1.46. The SMILES string of the molecule is C[C@]12C[C@H](F)[C@@H]3c4ccc(O)cc4C[C@@H](CCCCC[N+](C)([O-])CCCSCCCC(F)(F)C(F)(F)F)[C@H]3[C@@H]1CCC2=O. The van der Waals surface area contributed by atoms with Gasteiger partial charge >= 0.3 is 12.1 Å². The van der Waals surface area contributed by atoms with Gasteiger partial charge in [-0.05, 0) is 97.5 Å². The summed E-state index contributed by atoms with van der Waals surface area (Å²) in [7, 11) is 1.60. The van der Waals surface area contributed by atoms with Gasteiger partial charge in [-0.25, -0.2) is 4.39 Å². The second-order valence-electron chi connectivity index (χ2n) is 13.5. The zero-order valence-electron chi connectivity index (χ0n) is 25.1. The van der Waals surface area contributed by atoms with Gasteiger partial charge in [0.25, 0.3) is 0 Å². The van der Waals surface area contributed by atoms with Crippen molar-refractivity contribution in [3.05, 3.63) is 34.5 Å². The smallest absolute Gasteiger partial charge is 0.453 e. The van der Waals surface area contributed by atoms with Crippen LogP contribution in [0.2, 0.25) is 0 Å². The molecule has 2 fully saturated rings. The number of rotatable bonds is 14. The summed E-state index contributed by atoms with van der Waals surface area (Å²) < 4.78 is 78.1. The van der Waals surface area contributed by atoms with E-state index in [0.29, 0.717) is 31.7 Å². The van der Waals surface area contributed by atoms with E-state index in [1.807, 2.05) is 13.0 Å². The fraction of sp³-hybridized carbons (Fsp3) is 0.781. The highest BCUT2D eigenvalue weighted by Gasteiger charge is 2.60. The number of nitrogens with zero attached hydrogens (tertiary/aromatic N) is 1. The van der Waals surface area contributed by atoms with E-state index in [1.165, 1.54) is 11.8 Å². The van der Waals surface area contributed by atoms with Crippen molar-refractivity contribution in [3.8, 4) is 5.75 Å². The second kappa shape index (κ2) is 13.5. The molecular weight excluding hydrogens is 592 g/mol. The lowest BCUT2D eigenvalue weighted by molar-refractivity contribution is -0.860. The number of hydrogen-bond donors (Lipinski definition) is 1. The van der Waals surface area contributed by atoms with Crippen LogP contribution in [-0.2, 0) is 11.2 Å². The number of carbonyl (C=O) groups excluding carboxylic acids is 1. The molecule has 2 saturated carbocycles. The average molecular weight is 638 g/mol. The number of unbranched alkanes of at least 4 members (excludes halogenated alkanes) is 2. The number of alkyl halides is 6. The predicted octanol–water partition coefficient (Wildman–Crippen LogP) is 8.60. The van der Waals surface area contributed by atoms with Crippen LogP contribution in [0, 0.1) is 28.4 Å². The average Bonchev–Trinajstić information content (AvgIpc) is 3.20. The van der Waals surface area contributed by atoms with Crippen molar-refractivity contribution in [2.45, 2.75) is 102 Å². The monoisotopic (exact) mass is 637 g/mol. The molecule has 0 heterocycles. The van der Waals surface area contributed by atoms with Gasteiger partial charge < -0.3 is 15.0 Å². The minimum atomic E-state index is -5.51. The molecule has 0 aromatic heterocycles. The summed E-state index contributed by atoms with van der Waals surface area (Å²) in [6.07, 6.45) is -1.86. The number of phenolic OH excluding ortho intramolecular Hbond substituents is 1. The standard InChI is InChI=1S/C32H45F6NO3S/c1-30-20-26(33)29-24-10-9-23(40)19-22(24)18-21(28(29)25(30)11-12-27(30)41)8-4-3-5-14-39(2,42)15-7-17-43-16-6-13-31(34,35)32(36,37)38/h9-10,19,21,25-26,28-29,40H,3-8,11-18,20H2,1-2H3/t21-,25+,26+,28+,29+,30+,39?/m1/s1. The van der Waals surface area contributed by atoms with Crippen molar-refractivity contribution in [3.63, 3.8) is 0 Å². The van der Waals surface area contributed by atoms with Crippen LogP contribution in [0.5, 0.6) is 5.75 Å². The van der Waals surface area contributed by atoms with Crippen molar-refractivity contribution >= 4 is 17.5 Å². The first-order valence-corrected chi connectivity index (χ1v) is 16.8. The Morgan fingerprint density at radius 2 is 1.77 bits per heavy atom. The highest BCUT2D eigenvalue weighted by molar-refractivity contribution is 7.99. The minimum absolute atomic E-state index is 0.0787. The van der Waals surface area contributed by atoms with Crippen LogP contribution in [0.25, 0.3) is 0 Å². The molecule has 0 spiro atoms. The molecule has 244 valence electrons. The summed E-state index contributed by atoms with van der Waals surface area (Å²) in [6.45, 7) is 2.74. The Kier molecular flexibility index (Phi) is 10.8. The maximum absolute atomic E-state index is 15.9. The molecule has 1 aromatic carbocycles. The summed E-state index contributed by atoms with van der Waals surface area (Å²) in [5, 5.41) is 23.0. The maximum Gasteiger partial charge on any atom is 0.453 e. The van der Waals surface area contributed by atoms with Crippen LogP contribution >= 0.6 is 11.8 Å². The first-order chi connectivity index (χ1) is 20.1. The van der Waals surface area contributed by atoms with Gasteiger partial charge in [-0.1, -0.05) is 19.4 Å². The summed E-state index contributed by atoms with van der Waals surface area (Å²) in [5.74, 6) is -3.40. The Morgan fingerprint density at radius 3 is 2.49 bits per heavy atom. The second-order valence-corrected chi connectivity index (χ2v) is 14.7. The van der Waals surface area contributed by atoms with E-state index < -0.39 is 34.8 Å². The van der Waals surface area contributed by atoms with Crippen molar-refractivity contribution in [2.75, 3.05) is 31.6 Å². The molecule has 3 aliphatic carbocycles. The number of ketones is 1. The molecule has 1 aromatic rings. The lowest BCUT2D eigenvalue weighted by Crippen LogP contribution is -2.50. The van der Waals surface area contributed by atoms with Crippen molar-refractivity contribution in [1.82, 2.24) is 0 Å². The lowest BCUT2D eigenvalue weighted by atomic mass is 9.51. The topological polar surface area (TPSA) is 60.4 Å². The molecule has 4 nitrogen and oxygen atoms in total. The van der Waals surface area contributed by atoms with Crippen LogP contribution in [0.3, 0.4) is 0 Å². The molecule has 1 unspecified atom stereocenters. The number of aromatic hydroxyl groups is 1. The van der Waals surface area contributed by atoms with E-state index in [1.54, 1.807) is 19.2 Å². The fourth-order valence-corrected chi connectivity index (χ4v) is 9.00. The molecule has 1 N–H and O–H groups in total. The molecule has 0 bridgehead atoms. The number of halogens is 6. The van der Waals surface area contributed by atoms with Gasteiger partial charge in [0.05, 0.1) is 20.1 Å². The van der Waals surface area contributed by atoms with Gasteiger partial charge in [0, 0.05) is 30.6 Å². The van der Waals surface area contributed by atoms with Gasteiger partial charge in [0.1, 0.15) is 17.7 Å². The van der Waals surface area contributed by atoms with Crippen LogP contribution < -0.4 is 0 Å². The fourth-order valence-electron chi connectivity index (χ4n) is 8.12. The molecule has 0 saturated heterocycles. The van der Waals surface area contributed by atoms with Crippen LogP contribution in [0.15, 0.2) is 18.2 Å². The third kappa shape index (κ3) is 7.86. The number of hydrogen-bond acceptors (Lipinski definition) is 4. The molecule has 4 rings (SSSR count). The Balaban J connectivity index is 1.22. The molecule has 0 amide bonds. The molecule has 11 heteroatoms. The van der Waals surface area contributed by atoms with Gasteiger partial charge in [0.2, 0.25) is 0 Å². The maximum atomic E-state index is 15.9. The van der Waals surface area contributed by atoms with Gasteiger partial charge in [-0.15, -0.1) is 0 Å². The predicted molar refractivity (Wildman–Crippen MR) is 157 cm³/mol. The molecule has 7 atom stereocenters. The van der Waals surface area contributed by atoms with Crippen molar-refractivity contribution < 1.29 is 40.9 Å². The number of Topliss-reactive ketones (excluding diaryl/α,β-unsaturated/α-hetero) is 1. The summed E-state index contributed by atoms with van der Waals surface area (Å²) in [4.78, 5) is 12.9. The Morgan fingerprint density at radius 1 is 1.07 bits per heavy atom. The van der Waals surface area contributed by atoms with Crippen LogP contribution in [0.1, 0.15) is 88.2 Å². The molecular formula is C32H45F6NO3S. The van der Waals surface area contributed by atoms with Gasteiger partial charge in [-0.3, -0.25) is 4.79 Å². The normalized spacial score (nSPS) is 30.4. The van der Waals surface area contributed by atoms with Crippen LogP contribution in [0.4, 0.5) is 26.3 Å². The summed E-state index contributed by atoms with van der Waals surface area (Å²) >= 11 is 1.29. The molecule has 0 aliphatic heterocycles. The van der Waals surface area contributed by atoms with E-state index in [0.717, 1.165) is 49.7 Å². The number of thioether (sulfide) groups is 1. The van der Waals surface area contributed by atoms with E-state index in [4.69, 9.17) is 0 Å². The Labute approximate surface area is 255 Å². The quantitative estimate of drug-likeness (QED) is 0.0961. The highest BCUT2D eigenvalue weighted by Crippen LogP contribution is 2.62. The highest BCUT2D eigenvalue weighted by atomic mass is 32.2. The molecule has 43 heavy (non-hydrogen) atoms. The van der Waals surface area contributed by atoms with Gasteiger partial charge in [-0.2, -0.15) is 33.7 Å². The van der Waals surface area contributed by atoms with Gasteiger partial charge in [0.15, 0.2) is 0 Å². The minimum Gasteiger partial charge on any atom is -0.633 e. The third-order valence-electron chi connectivity index (χ3n) is 10.4. The first-order valence-electron chi connectivity index (χ1n) is 15.6. The number of quaternary nitrogens is 1. The number of phenols is 1. The Bertz CT molecular complexity index is 1120. The number of hydroxylamine groups is 3. The summed E-state index contributed by atoms with van der Waals surface area (Å²) in [6, 6.07) is 5.26. The zero-order chi connectivity index (χ0) is 31.6. The number of benzene rings is 1. The summed E-state index contributed by atoms with van der Waals surface area (Å²) in [5.41, 5.74) is 1.36.